The van der Waals surface area contributed by atoms with E-state index in [0.717, 1.165) is 23.9 Å². The van der Waals surface area contributed by atoms with Gasteiger partial charge in [0.15, 0.2) is 0 Å². The number of nitrogen functional groups attached to an aromatic ring is 1. The van der Waals surface area contributed by atoms with Crippen LogP contribution in [0.15, 0.2) is 36.5 Å². The van der Waals surface area contributed by atoms with Crippen molar-refractivity contribution in [2.75, 3.05) is 5.84 Å². The van der Waals surface area contributed by atoms with Gasteiger partial charge in [-0.3, -0.25) is 0 Å². The van der Waals surface area contributed by atoms with E-state index in [9.17, 15) is 0 Å². The van der Waals surface area contributed by atoms with Gasteiger partial charge >= 0.3 is 0 Å². The van der Waals surface area contributed by atoms with E-state index in [1.54, 1.807) is 4.68 Å². The van der Waals surface area contributed by atoms with E-state index in [2.05, 4.69) is 24.8 Å². The Morgan fingerprint density at radius 2 is 2.00 bits per heavy atom. The zero-order valence-electron chi connectivity index (χ0n) is 10.1. The molecule has 0 unspecified atom stereocenters. The van der Waals surface area contributed by atoms with Crippen molar-refractivity contribution < 1.29 is 4.68 Å². The number of aromatic nitrogens is 1. The molecule has 1 heterocycles. The van der Waals surface area contributed by atoms with E-state index < -0.39 is 0 Å². The summed E-state index contributed by atoms with van der Waals surface area (Å²) in [6.45, 7) is 2.17. The molecule has 0 spiro atoms. The lowest BCUT2D eigenvalue weighted by molar-refractivity contribution is -0.640. The second-order valence-electron chi connectivity index (χ2n) is 4.10. The first kappa shape index (κ1) is 11.5. The van der Waals surface area contributed by atoms with Crippen LogP contribution in [0.5, 0.6) is 0 Å². The van der Waals surface area contributed by atoms with Gasteiger partial charge in [-0.2, -0.15) is 0 Å². The molecule has 0 radical (unpaired) electrons. The highest BCUT2D eigenvalue weighted by Gasteiger charge is 2.06. The minimum absolute atomic E-state index is 0.861. The number of hydrogen-bond acceptors (Lipinski definition) is 1. The van der Waals surface area contributed by atoms with Crippen LogP contribution in [0.25, 0.3) is 10.8 Å². The molecule has 0 fully saturated rings. The first-order valence-corrected chi connectivity index (χ1v) is 5.99. The smallest absolute Gasteiger partial charge is 0.204 e. The van der Waals surface area contributed by atoms with Crippen LogP contribution < -0.4 is 10.5 Å². The Labute approximate surface area is 102 Å². The normalized spacial score (nSPS) is 9.94. The summed E-state index contributed by atoms with van der Waals surface area (Å²) in [4.78, 5) is 0. The lowest BCUT2D eigenvalue weighted by Crippen LogP contribution is -2.47. The summed E-state index contributed by atoms with van der Waals surface area (Å²) in [6.07, 6.45) is 5.17. The monoisotopic (exact) mass is 225 g/mol. The van der Waals surface area contributed by atoms with E-state index in [0.29, 0.717) is 0 Å². The number of nitrogens with two attached hydrogens (primary N) is 1. The van der Waals surface area contributed by atoms with E-state index in [1.165, 1.54) is 11.8 Å². The average Bonchev–Trinajstić information content (AvgIpc) is 2.35. The molecule has 2 rings (SSSR count). The first-order chi connectivity index (χ1) is 8.31. The van der Waals surface area contributed by atoms with Gasteiger partial charge in [0.1, 0.15) is 0 Å². The molecule has 1 aromatic carbocycles. The van der Waals surface area contributed by atoms with Gasteiger partial charge in [-0.05, 0) is 17.9 Å². The molecule has 0 bridgehead atoms. The van der Waals surface area contributed by atoms with Crippen LogP contribution in [0.3, 0.4) is 0 Å². The standard InChI is InChI=1S/C15H17N2/c1-2-3-4-5-10-15-11-13-8-6-7-9-14(13)12-17(15)16/h6-9,11-12H,2-4,16H2,1H3/q+1. The molecule has 1 aromatic heterocycles. The molecular formula is C15H17N2+. The number of hydrogen-bond donors (Lipinski definition) is 1. The molecule has 2 N–H and O–H groups in total. The number of unbranched alkanes of at least 4 members (excludes halogenated alkanes) is 2. The largest absolute Gasteiger partial charge is 0.286 e. The maximum atomic E-state index is 5.92. The molecule has 2 nitrogen and oxygen atoms in total. The average molecular weight is 225 g/mol. The molecule has 17 heavy (non-hydrogen) atoms. The Morgan fingerprint density at radius 1 is 1.24 bits per heavy atom. The Hall–Kier alpha value is -2.01. The lowest BCUT2D eigenvalue weighted by Gasteiger charge is -1.96. The molecule has 0 atom stereocenters. The maximum absolute atomic E-state index is 5.92. The third kappa shape index (κ3) is 2.76. The van der Waals surface area contributed by atoms with Crippen LogP contribution in [0.4, 0.5) is 0 Å². The van der Waals surface area contributed by atoms with Crippen LogP contribution >= 0.6 is 0 Å². The minimum Gasteiger partial charge on any atom is -0.204 e. The number of nitrogens with zero attached hydrogens (tertiary/aromatic N) is 1. The number of rotatable bonds is 2. The molecule has 0 aliphatic rings. The molecule has 0 saturated carbocycles. The van der Waals surface area contributed by atoms with Crippen molar-refractivity contribution in [2.45, 2.75) is 26.2 Å². The van der Waals surface area contributed by atoms with Gasteiger partial charge in [-0.1, -0.05) is 42.1 Å². The van der Waals surface area contributed by atoms with Crippen molar-refractivity contribution in [3.63, 3.8) is 0 Å². The second-order valence-corrected chi connectivity index (χ2v) is 4.10. The maximum Gasteiger partial charge on any atom is 0.286 e. The van der Waals surface area contributed by atoms with Crippen molar-refractivity contribution in [3.05, 3.63) is 42.2 Å². The number of fused-ring (bicyclic) bond motifs is 1. The zero-order chi connectivity index (χ0) is 12.1. The fourth-order valence-electron chi connectivity index (χ4n) is 1.72. The molecule has 86 valence electrons. The lowest BCUT2D eigenvalue weighted by atomic mass is 10.1. The Bertz CT molecular complexity index is 576. The first-order valence-electron chi connectivity index (χ1n) is 5.99. The third-order valence-electron chi connectivity index (χ3n) is 2.72. The van der Waals surface area contributed by atoms with Gasteiger partial charge in [0.2, 0.25) is 6.20 Å². The highest BCUT2D eigenvalue weighted by Crippen LogP contribution is 2.11. The van der Waals surface area contributed by atoms with Gasteiger partial charge in [0.05, 0.1) is 0 Å². The van der Waals surface area contributed by atoms with Gasteiger partial charge < -0.3 is 0 Å². The summed E-state index contributed by atoms with van der Waals surface area (Å²) in [7, 11) is 0. The molecule has 0 aliphatic carbocycles. The SMILES string of the molecule is CCCCC#Cc1cc2ccccc2c[n+]1N. The van der Waals surface area contributed by atoms with Gasteiger partial charge in [-0.15, -0.1) is 0 Å². The van der Waals surface area contributed by atoms with Crippen molar-refractivity contribution in [1.29, 1.82) is 0 Å². The van der Waals surface area contributed by atoms with Crippen LogP contribution in [0, 0.1) is 11.8 Å². The van der Waals surface area contributed by atoms with E-state index in [1.807, 2.05) is 30.5 Å². The molecule has 0 saturated heterocycles. The number of pyridine rings is 1. The summed E-state index contributed by atoms with van der Waals surface area (Å²) < 4.78 is 1.60. The summed E-state index contributed by atoms with van der Waals surface area (Å²) >= 11 is 0. The predicted molar refractivity (Wildman–Crippen MR) is 70.7 cm³/mol. The van der Waals surface area contributed by atoms with Crippen LogP contribution in [-0.4, -0.2) is 0 Å². The summed E-state index contributed by atoms with van der Waals surface area (Å²) in [5.41, 5.74) is 0.861. The predicted octanol–water partition coefficient (Wildman–Crippen LogP) is 2.38. The fraction of sp³-hybridized carbons (Fsp3) is 0.267. The van der Waals surface area contributed by atoms with Crippen molar-refractivity contribution in [2.24, 2.45) is 0 Å². The summed E-state index contributed by atoms with van der Waals surface area (Å²) in [6, 6.07) is 10.2. The molecule has 0 aliphatic heterocycles. The number of benzene rings is 1. The fourth-order valence-corrected chi connectivity index (χ4v) is 1.72. The van der Waals surface area contributed by atoms with Crippen molar-refractivity contribution in [1.82, 2.24) is 0 Å². The Balaban J connectivity index is 2.33. The molecule has 0 amide bonds. The summed E-state index contributed by atoms with van der Waals surface area (Å²) in [5.74, 6) is 12.2. The highest BCUT2D eigenvalue weighted by atomic mass is 15.3. The van der Waals surface area contributed by atoms with Crippen molar-refractivity contribution in [3.8, 4) is 11.8 Å². The van der Waals surface area contributed by atoms with E-state index in [-0.39, 0.29) is 0 Å². The molecule has 2 heteroatoms. The van der Waals surface area contributed by atoms with Crippen LogP contribution in [0.2, 0.25) is 0 Å². The van der Waals surface area contributed by atoms with Crippen LogP contribution in [0.1, 0.15) is 31.9 Å². The highest BCUT2D eigenvalue weighted by molar-refractivity contribution is 5.81. The Kier molecular flexibility index (Phi) is 3.62. The molecule has 2 aromatic rings. The zero-order valence-corrected chi connectivity index (χ0v) is 10.1. The Morgan fingerprint density at radius 3 is 2.76 bits per heavy atom. The summed E-state index contributed by atoms with van der Waals surface area (Å²) in [5, 5.41) is 2.31. The minimum atomic E-state index is 0.861. The van der Waals surface area contributed by atoms with Crippen molar-refractivity contribution >= 4 is 10.8 Å². The van der Waals surface area contributed by atoms with Crippen LogP contribution in [-0.2, 0) is 0 Å². The van der Waals surface area contributed by atoms with Gasteiger partial charge in [-0.25, -0.2) is 5.84 Å². The quantitative estimate of drug-likeness (QED) is 0.361. The topological polar surface area (TPSA) is 29.9 Å². The van der Waals surface area contributed by atoms with Gasteiger partial charge in [0, 0.05) is 23.8 Å². The third-order valence-corrected chi connectivity index (χ3v) is 2.72. The van der Waals surface area contributed by atoms with Gasteiger partial charge in [0.25, 0.3) is 5.69 Å². The second kappa shape index (κ2) is 5.36. The molecular weight excluding hydrogens is 208 g/mol. The van der Waals surface area contributed by atoms with E-state index in [4.69, 9.17) is 5.84 Å². The van der Waals surface area contributed by atoms with E-state index >= 15 is 0 Å².